The van der Waals surface area contributed by atoms with Gasteiger partial charge in [0.2, 0.25) is 0 Å². The highest BCUT2D eigenvalue weighted by Gasteiger charge is 2.14. The van der Waals surface area contributed by atoms with Crippen LogP contribution in [-0.4, -0.2) is 36.5 Å². The molecule has 0 spiro atoms. The quantitative estimate of drug-likeness (QED) is 0.687. The van der Waals surface area contributed by atoms with E-state index in [1.807, 2.05) is 32.0 Å². The van der Waals surface area contributed by atoms with Crippen LogP contribution in [0.2, 0.25) is 0 Å². The second-order valence-corrected chi connectivity index (χ2v) is 4.46. The second kappa shape index (κ2) is 7.36. The van der Waals surface area contributed by atoms with Crippen molar-refractivity contribution in [3.63, 3.8) is 0 Å². The minimum absolute atomic E-state index is 0.0236. The minimum Gasteiger partial charge on any atom is -0.496 e. The number of hydrogen-bond donors (Lipinski definition) is 3. The molecule has 1 aromatic rings. The summed E-state index contributed by atoms with van der Waals surface area (Å²) in [4.78, 5) is 0. The summed E-state index contributed by atoms with van der Waals surface area (Å²) in [6, 6.07) is 5.75. The van der Waals surface area contributed by atoms with Crippen LogP contribution in [0, 0.1) is 6.92 Å². The molecule has 0 fully saturated rings. The molecule has 0 aliphatic heterocycles. The first-order valence-corrected chi connectivity index (χ1v) is 6.29. The number of methoxy groups -OCH3 is 1. The van der Waals surface area contributed by atoms with Crippen LogP contribution < -0.4 is 10.1 Å². The molecular formula is C14H23NO3. The van der Waals surface area contributed by atoms with Crippen LogP contribution in [0.3, 0.4) is 0 Å². The van der Waals surface area contributed by atoms with Gasteiger partial charge in [-0.1, -0.05) is 18.6 Å². The summed E-state index contributed by atoms with van der Waals surface area (Å²) in [5, 5.41) is 22.4. The summed E-state index contributed by atoms with van der Waals surface area (Å²) >= 11 is 0. The largest absolute Gasteiger partial charge is 0.496 e. The van der Waals surface area contributed by atoms with Crippen molar-refractivity contribution in [2.45, 2.75) is 32.4 Å². The standard InChI is InChI=1S/C14H23NO3/c1-4-11(9-16)15-8-13(17)12-7-10(2)5-6-14(12)18-3/h5-7,11,13,15-17H,4,8-9H2,1-3H3. The zero-order chi connectivity index (χ0) is 13.5. The molecule has 0 radical (unpaired) electrons. The lowest BCUT2D eigenvalue weighted by Gasteiger charge is -2.19. The molecule has 18 heavy (non-hydrogen) atoms. The van der Waals surface area contributed by atoms with Crippen molar-refractivity contribution in [1.29, 1.82) is 0 Å². The van der Waals surface area contributed by atoms with Gasteiger partial charge in [-0.05, 0) is 25.5 Å². The highest BCUT2D eigenvalue weighted by atomic mass is 16.5. The Balaban J connectivity index is 2.71. The number of hydrogen-bond acceptors (Lipinski definition) is 4. The number of aryl methyl sites for hydroxylation is 1. The first kappa shape index (κ1) is 15.0. The van der Waals surface area contributed by atoms with Crippen LogP contribution in [0.25, 0.3) is 0 Å². The molecule has 3 N–H and O–H groups in total. The number of ether oxygens (including phenoxy) is 1. The molecule has 102 valence electrons. The molecule has 1 aromatic carbocycles. The van der Waals surface area contributed by atoms with E-state index in [9.17, 15) is 5.11 Å². The number of aliphatic hydroxyl groups is 2. The average molecular weight is 253 g/mol. The van der Waals surface area contributed by atoms with Gasteiger partial charge in [-0.15, -0.1) is 0 Å². The third-order valence-corrected chi connectivity index (χ3v) is 3.06. The minimum atomic E-state index is -0.638. The Morgan fingerprint density at radius 1 is 1.39 bits per heavy atom. The van der Waals surface area contributed by atoms with Gasteiger partial charge in [0.05, 0.1) is 19.8 Å². The van der Waals surface area contributed by atoms with Gasteiger partial charge in [-0.3, -0.25) is 0 Å². The Morgan fingerprint density at radius 3 is 2.67 bits per heavy atom. The van der Waals surface area contributed by atoms with Crippen LogP contribution in [0.5, 0.6) is 5.75 Å². The normalized spacial score (nSPS) is 14.3. The predicted molar refractivity (Wildman–Crippen MR) is 71.9 cm³/mol. The van der Waals surface area contributed by atoms with E-state index >= 15 is 0 Å². The molecule has 0 saturated carbocycles. The third kappa shape index (κ3) is 3.98. The van der Waals surface area contributed by atoms with E-state index in [0.29, 0.717) is 12.3 Å². The van der Waals surface area contributed by atoms with Crippen molar-refractivity contribution in [2.75, 3.05) is 20.3 Å². The lowest BCUT2D eigenvalue weighted by Crippen LogP contribution is -2.35. The van der Waals surface area contributed by atoms with Crippen molar-refractivity contribution in [1.82, 2.24) is 5.32 Å². The Morgan fingerprint density at radius 2 is 2.11 bits per heavy atom. The van der Waals surface area contributed by atoms with Gasteiger partial charge in [-0.2, -0.15) is 0 Å². The second-order valence-electron chi connectivity index (χ2n) is 4.46. The molecular weight excluding hydrogens is 230 g/mol. The van der Waals surface area contributed by atoms with Gasteiger partial charge in [0, 0.05) is 18.2 Å². The molecule has 0 aliphatic carbocycles. The summed E-state index contributed by atoms with van der Waals surface area (Å²) in [5.41, 5.74) is 1.86. The lowest BCUT2D eigenvalue weighted by atomic mass is 10.0. The maximum absolute atomic E-state index is 10.2. The molecule has 0 saturated heterocycles. The predicted octanol–water partition coefficient (Wildman–Crippen LogP) is 1.40. The summed E-state index contributed by atoms with van der Waals surface area (Å²) in [7, 11) is 1.59. The SMILES string of the molecule is CCC(CO)NCC(O)c1cc(C)ccc1OC. The topological polar surface area (TPSA) is 61.7 Å². The zero-order valence-electron chi connectivity index (χ0n) is 11.3. The first-order chi connectivity index (χ1) is 8.62. The van der Waals surface area contributed by atoms with Crippen LogP contribution in [0.4, 0.5) is 0 Å². The van der Waals surface area contributed by atoms with E-state index in [1.165, 1.54) is 0 Å². The fourth-order valence-electron chi connectivity index (χ4n) is 1.84. The van der Waals surface area contributed by atoms with Crippen molar-refractivity contribution >= 4 is 0 Å². The Kier molecular flexibility index (Phi) is 6.12. The van der Waals surface area contributed by atoms with Gasteiger partial charge in [-0.25, -0.2) is 0 Å². The number of nitrogens with one attached hydrogen (secondary N) is 1. The monoisotopic (exact) mass is 253 g/mol. The van der Waals surface area contributed by atoms with E-state index in [2.05, 4.69) is 5.32 Å². The van der Waals surface area contributed by atoms with E-state index in [1.54, 1.807) is 7.11 Å². The molecule has 4 heteroatoms. The molecule has 2 unspecified atom stereocenters. The zero-order valence-corrected chi connectivity index (χ0v) is 11.3. The van der Waals surface area contributed by atoms with Crippen LogP contribution in [-0.2, 0) is 0 Å². The fourth-order valence-corrected chi connectivity index (χ4v) is 1.84. The molecule has 2 atom stereocenters. The average Bonchev–Trinajstić information content (AvgIpc) is 2.39. The Hall–Kier alpha value is -1.10. The molecule has 0 aliphatic rings. The maximum Gasteiger partial charge on any atom is 0.124 e. The van der Waals surface area contributed by atoms with Crippen LogP contribution >= 0.6 is 0 Å². The summed E-state index contributed by atoms with van der Waals surface area (Å²) < 4.78 is 5.24. The number of benzene rings is 1. The van der Waals surface area contributed by atoms with Gasteiger partial charge in [0.25, 0.3) is 0 Å². The van der Waals surface area contributed by atoms with Gasteiger partial charge < -0.3 is 20.3 Å². The van der Waals surface area contributed by atoms with E-state index in [-0.39, 0.29) is 12.6 Å². The van der Waals surface area contributed by atoms with Gasteiger partial charge >= 0.3 is 0 Å². The molecule has 0 heterocycles. The Labute approximate surface area is 109 Å². The van der Waals surface area contributed by atoms with Crippen LogP contribution in [0.1, 0.15) is 30.6 Å². The van der Waals surface area contributed by atoms with Crippen molar-refractivity contribution < 1.29 is 14.9 Å². The molecule has 0 bridgehead atoms. The maximum atomic E-state index is 10.2. The lowest BCUT2D eigenvalue weighted by molar-refractivity contribution is 0.154. The molecule has 0 amide bonds. The van der Waals surface area contributed by atoms with Crippen molar-refractivity contribution in [2.24, 2.45) is 0 Å². The Bertz CT molecular complexity index is 364. The highest BCUT2D eigenvalue weighted by molar-refractivity contribution is 5.38. The highest BCUT2D eigenvalue weighted by Crippen LogP contribution is 2.25. The van der Waals surface area contributed by atoms with Crippen LogP contribution in [0.15, 0.2) is 18.2 Å². The molecule has 0 aromatic heterocycles. The summed E-state index contributed by atoms with van der Waals surface area (Å²) in [6.07, 6.45) is 0.189. The smallest absolute Gasteiger partial charge is 0.124 e. The van der Waals surface area contributed by atoms with Crippen molar-refractivity contribution in [3.05, 3.63) is 29.3 Å². The molecule has 4 nitrogen and oxygen atoms in total. The number of aliphatic hydroxyl groups excluding tert-OH is 2. The number of rotatable bonds is 7. The summed E-state index contributed by atoms with van der Waals surface area (Å²) in [5.74, 6) is 0.687. The first-order valence-electron chi connectivity index (χ1n) is 6.29. The summed E-state index contributed by atoms with van der Waals surface area (Å²) in [6.45, 7) is 4.45. The van der Waals surface area contributed by atoms with E-state index in [0.717, 1.165) is 17.5 Å². The fraction of sp³-hybridized carbons (Fsp3) is 0.571. The molecule has 1 rings (SSSR count). The van der Waals surface area contributed by atoms with Crippen molar-refractivity contribution in [3.8, 4) is 5.75 Å². The van der Waals surface area contributed by atoms with Gasteiger partial charge in [0.1, 0.15) is 5.75 Å². The van der Waals surface area contributed by atoms with E-state index < -0.39 is 6.10 Å². The van der Waals surface area contributed by atoms with Gasteiger partial charge in [0.15, 0.2) is 0 Å². The third-order valence-electron chi connectivity index (χ3n) is 3.06. The van der Waals surface area contributed by atoms with E-state index in [4.69, 9.17) is 9.84 Å².